The Kier molecular flexibility index (Phi) is 3.67. The molecule has 2 atom stereocenters. The van der Waals surface area contributed by atoms with Crippen molar-refractivity contribution in [3.8, 4) is 0 Å². The molecule has 2 aliphatic heterocycles. The smallest absolute Gasteiger partial charge is 0.167 e. The Hall–Kier alpha value is -1.19. The lowest BCUT2D eigenvalue weighted by atomic mass is 10.0. The average molecular weight is 259 g/mol. The van der Waals surface area contributed by atoms with E-state index in [2.05, 4.69) is 24.0 Å². The molecule has 0 radical (unpaired) electrons. The van der Waals surface area contributed by atoms with E-state index in [1.165, 1.54) is 18.4 Å². The van der Waals surface area contributed by atoms with Crippen molar-refractivity contribution in [1.82, 2.24) is 4.90 Å². The Morgan fingerprint density at radius 3 is 2.95 bits per heavy atom. The number of carbonyl (C=O) groups excluding carboxylic acids is 1. The molecule has 1 aromatic rings. The summed E-state index contributed by atoms with van der Waals surface area (Å²) in [5.74, 6) is 0.217. The number of ether oxygens (including phenoxy) is 1. The van der Waals surface area contributed by atoms with Crippen LogP contribution in [0, 0.1) is 6.92 Å². The second-order valence-electron chi connectivity index (χ2n) is 5.74. The van der Waals surface area contributed by atoms with Gasteiger partial charge in [0.25, 0.3) is 0 Å². The first-order valence-electron chi connectivity index (χ1n) is 7.16. The zero-order valence-electron chi connectivity index (χ0n) is 11.5. The quantitative estimate of drug-likeness (QED) is 0.831. The molecule has 0 bridgehead atoms. The normalized spacial score (nSPS) is 27.2. The first kappa shape index (κ1) is 12.8. The number of fused-ring (bicyclic) bond motifs is 1. The van der Waals surface area contributed by atoms with Gasteiger partial charge in [0.1, 0.15) is 6.10 Å². The predicted octanol–water partition coefficient (Wildman–Crippen LogP) is 1.97. The lowest BCUT2D eigenvalue weighted by molar-refractivity contribution is -0.137. The molecule has 0 saturated carbocycles. The van der Waals surface area contributed by atoms with E-state index < -0.39 is 0 Å². The number of carbonyl (C=O) groups is 1. The lowest BCUT2D eigenvalue weighted by Crippen LogP contribution is -2.49. The monoisotopic (exact) mass is 259 g/mol. The van der Waals surface area contributed by atoms with Crippen LogP contribution in [0.4, 0.5) is 0 Å². The van der Waals surface area contributed by atoms with E-state index >= 15 is 0 Å². The topological polar surface area (TPSA) is 29.5 Å². The minimum Gasteiger partial charge on any atom is -0.367 e. The van der Waals surface area contributed by atoms with Gasteiger partial charge in [-0.25, -0.2) is 0 Å². The third-order valence-electron chi connectivity index (χ3n) is 4.25. The number of ketones is 1. The number of rotatable bonds is 3. The molecule has 0 amide bonds. The van der Waals surface area contributed by atoms with Crippen LogP contribution in [-0.4, -0.2) is 42.5 Å². The van der Waals surface area contributed by atoms with Gasteiger partial charge >= 0.3 is 0 Å². The van der Waals surface area contributed by atoms with Crippen molar-refractivity contribution in [2.24, 2.45) is 0 Å². The zero-order valence-corrected chi connectivity index (χ0v) is 11.5. The van der Waals surface area contributed by atoms with Crippen LogP contribution in [0.1, 0.15) is 24.0 Å². The van der Waals surface area contributed by atoms with Crippen molar-refractivity contribution in [3.63, 3.8) is 0 Å². The summed E-state index contributed by atoms with van der Waals surface area (Å²) in [4.78, 5) is 14.7. The SMILES string of the molecule is Cc1ccc(CC(=O)C2CN3CCCC3CO2)cc1. The molecule has 1 aromatic carbocycles. The minimum atomic E-state index is -0.226. The Bertz CT molecular complexity index is 454. The molecule has 2 unspecified atom stereocenters. The Morgan fingerprint density at radius 2 is 2.16 bits per heavy atom. The molecule has 2 fully saturated rings. The molecule has 0 N–H and O–H groups in total. The third-order valence-corrected chi connectivity index (χ3v) is 4.25. The number of morpholine rings is 1. The Labute approximate surface area is 114 Å². The molecule has 19 heavy (non-hydrogen) atoms. The second-order valence-corrected chi connectivity index (χ2v) is 5.74. The van der Waals surface area contributed by atoms with E-state index in [0.717, 1.165) is 25.3 Å². The van der Waals surface area contributed by atoms with Gasteiger partial charge in [0.05, 0.1) is 6.61 Å². The standard InChI is InChI=1S/C16H21NO2/c1-12-4-6-13(7-5-12)9-15(18)16-10-17-8-2-3-14(17)11-19-16/h4-7,14,16H,2-3,8-11H2,1H3. The van der Waals surface area contributed by atoms with Crippen molar-refractivity contribution in [2.45, 2.75) is 38.3 Å². The van der Waals surface area contributed by atoms with Crippen molar-refractivity contribution >= 4 is 5.78 Å². The van der Waals surface area contributed by atoms with Gasteiger partial charge in [0.15, 0.2) is 5.78 Å². The molecular weight excluding hydrogens is 238 g/mol. The highest BCUT2D eigenvalue weighted by molar-refractivity contribution is 5.85. The molecule has 3 rings (SSSR count). The number of aryl methyl sites for hydroxylation is 1. The van der Waals surface area contributed by atoms with Crippen molar-refractivity contribution in [1.29, 1.82) is 0 Å². The predicted molar refractivity (Wildman–Crippen MR) is 74.2 cm³/mol. The van der Waals surface area contributed by atoms with E-state index in [1.54, 1.807) is 0 Å². The Balaban J connectivity index is 1.59. The number of benzene rings is 1. The summed E-state index contributed by atoms with van der Waals surface area (Å²) in [5, 5.41) is 0. The van der Waals surface area contributed by atoms with Gasteiger partial charge in [0.2, 0.25) is 0 Å². The van der Waals surface area contributed by atoms with Crippen molar-refractivity contribution in [3.05, 3.63) is 35.4 Å². The molecule has 102 valence electrons. The zero-order chi connectivity index (χ0) is 13.2. The van der Waals surface area contributed by atoms with Crippen molar-refractivity contribution < 1.29 is 9.53 Å². The van der Waals surface area contributed by atoms with E-state index in [0.29, 0.717) is 12.5 Å². The number of nitrogens with zero attached hydrogens (tertiary/aromatic N) is 1. The van der Waals surface area contributed by atoms with Gasteiger partial charge in [0, 0.05) is 19.0 Å². The molecule has 2 saturated heterocycles. The van der Waals surface area contributed by atoms with Crippen LogP contribution >= 0.6 is 0 Å². The van der Waals surface area contributed by atoms with Crippen LogP contribution in [-0.2, 0) is 16.0 Å². The van der Waals surface area contributed by atoms with Gasteiger partial charge in [-0.2, -0.15) is 0 Å². The van der Waals surface area contributed by atoms with Crippen LogP contribution in [0.3, 0.4) is 0 Å². The van der Waals surface area contributed by atoms with Gasteiger partial charge in [-0.05, 0) is 31.9 Å². The highest BCUT2D eigenvalue weighted by atomic mass is 16.5. The van der Waals surface area contributed by atoms with E-state index in [-0.39, 0.29) is 11.9 Å². The molecule has 0 aliphatic carbocycles. The third kappa shape index (κ3) is 2.88. The summed E-state index contributed by atoms with van der Waals surface area (Å²) in [6, 6.07) is 8.74. The number of hydrogen-bond acceptors (Lipinski definition) is 3. The van der Waals surface area contributed by atoms with Gasteiger partial charge in [-0.3, -0.25) is 9.69 Å². The maximum atomic E-state index is 12.3. The minimum absolute atomic E-state index is 0.217. The fourth-order valence-electron chi connectivity index (χ4n) is 3.03. The molecule has 2 heterocycles. The largest absolute Gasteiger partial charge is 0.367 e. The van der Waals surface area contributed by atoms with E-state index in [4.69, 9.17) is 4.74 Å². The molecule has 2 aliphatic rings. The van der Waals surface area contributed by atoms with Crippen LogP contribution in [0.25, 0.3) is 0 Å². The van der Waals surface area contributed by atoms with E-state index in [9.17, 15) is 4.79 Å². The molecular formula is C16H21NO2. The first-order chi connectivity index (χ1) is 9.22. The Morgan fingerprint density at radius 1 is 1.37 bits per heavy atom. The number of hydrogen-bond donors (Lipinski definition) is 0. The summed E-state index contributed by atoms with van der Waals surface area (Å²) in [6.45, 7) is 4.70. The van der Waals surface area contributed by atoms with Gasteiger partial charge < -0.3 is 4.74 Å². The second kappa shape index (κ2) is 5.43. The molecule has 0 spiro atoms. The summed E-state index contributed by atoms with van der Waals surface area (Å²) in [5.41, 5.74) is 2.31. The summed E-state index contributed by atoms with van der Waals surface area (Å²) in [6.07, 6.45) is 2.73. The van der Waals surface area contributed by atoms with E-state index in [1.807, 2.05) is 12.1 Å². The fourth-order valence-corrected chi connectivity index (χ4v) is 3.03. The summed E-state index contributed by atoms with van der Waals surface area (Å²) >= 11 is 0. The van der Waals surface area contributed by atoms with Gasteiger partial charge in [-0.15, -0.1) is 0 Å². The fraction of sp³-hybridized carbons (Fsp3) is 0.562. The maximum Gasteiger partial charge on any atom is 0.167 e. The van der Waals surface area contributed by atoms with Crippen molar-refractivity contribution in [2.75, 3.05) is 19.7 Å². The molecule has 3 nitrogen and oxygen atoms in total. The van der Waals surface area contributed by atoms with Crippen LogP contribution in [0.15, 0.2) is 24.3 Å². The van der Waals surface area contributed by atoms with Gasteiger partial charge in [-0.1, -0.05) is 29.8 Å². The lowest BCUT2D eigenvalue weighted by Gasteiger charge is -2.34. The summed E-state index contributed by atoms with van der Waals surface area (Å²) in [7, 11) is 0. The highest BCUT2D eigenvalue weighted by Crippen LogP contribution is 2.23. The highest BCUT2D eigenvalue weighted by Gasteiger charge is 2.34. The average Bonchev–Trinajstić information content (AvgIpc) is 2.88. The first-order valence-corrected chi connectivity index (χ1v) is 7.16. The van der Waals surface area contributed by atoms with Crippen LogP contribution in [0.2, 0.25) is 0 Å². The number of Topliss-reactive ketones (excluding diaryl/α,β-unsaturated/α-hetero) is 1. The summed E-state index contributed by atoms with van der Waals surface area (Å²) < 4.78 is 5.76. The van der Waals surface area contributed by atoms with Crippen LogP contribution in [0.5, 0.6) is 0 Å². The van der Waals surface area contributed by atoms with Crippen LogP contribution < -0.4 is 0 Å². The molecule has 0 aromatic heterocycles. The molecule has 3 heteroatoms. The maximum absolute atomic E-state index is 12.3.